The van der Waals surface area contributed by atoms with Crippen molar-refractivity contribution >= 4 is 17.7 Å². The molecule has 0 radical (unpaired) electrons. The molecule has 7 nitrogen and oxygen atoms in total. The smallest absolute Gasteiger partial charge is 0.405 e. The van der Waals surface area contributed by atoms with Crippen molar-refractivity contribution in [3.63, 3.8) is 0 Å². The third-order valence-electron chi connectivity index (χ3n) is 4.25. The Kier molecular flexibility index (Phi) is 6.60. The number of nitrogens with zero attached hydrogens (tertiary/aromatic N) is 4. The van der Waals surface area contributed by atoms with E-state index in [0.717, 1.165) is 28.6 Å². The van der Waals surface area contributed by atoms with Crippen molar-refractivity contribution in [2.45, 2.75) is 31.9 Å². The quantitative estimate of drug-likeness (QED) is 0.569. The van der Waals surface area contributed by atoms with Crippen molar-refractivity contribution in [3.8, 4) is 11.4 Å². The minimum atomic E-state index is -4.80. The van der Waals surface area contributed by atoms with Crippen LogP contribution in [0.3, 0.4) is 0 Å². The predicted molar refractivity (Wildman–Crippen MR) is 104 cm³/mol. The van der Waals surface area contributed by atoms with E-state index in [9.17, 15) is 18.0 Å². The first kappa shape index (κ1) is 21.6. The van der Waals surface area contributed by atoms with Gasteiger partial charge in [-0.1, -0.05) is 42.1 Å². The predicted octanol–water partition coefficient (Wildman–Crippen LogP) is 3.59. The van der Waals surface area contributed by atoms with Crippen molar-refractivity contribution in [1.82, 2.24) is 25.5 Å². The van der Waals surface area contributed by atoms with E-state index in [1.807, 2.05) is 32.0 Å². The van der Waals surface area contributed by atoms with Gasteiger partial charge < -0.3 is 10.1 Å². The molecule has 11 heteroatoms. The summed E-state index contributed by atoms with van der Waals surface area (Å²) in [4.78, 5) is 12.2. The van der Waals surface area contributed by atoms with Gasteiger partial charge in [0.2, 0.25) is 11.1 Å². The Balaban J connectivity index is 1.61. The van der Waals surface area contributed by atoms with Gasteiger partial charge in [-0.25, -0.2) is 0 Å². The Bertz CT molecular complexity index is 1040. The summed E-state index contributed by atoms with van der Waals surface area (Å²) < 4.78 is 43.0. The van der Waals surface area contributed by atoms with Gasteiger partial charge in [0.15, 0.2) is 0 Å². The molecule has 0 aliphatic heterocycles. The molecular formula is C19H18F3N5O2S. The van der Waals surface area contributed by atoms with Crippen LogP contribution in [0.1, 0.15) is 16.7 Å². The van der Waals surface area contributed by atoms with Crippen LogP contribution in [-0.4, -0.2) is 38.2 Å². The number of amides is 1. The Morgan fingerprint density at radius 2 is 1.93 bits per heavy atom. The Labute approximate surface area is 174 Å². The maximum absolute atomic E-state index is 12.5. The number of carbonyl (C=O) groups is 1. The molecule has 0 saturated heterocycles. The van der Waals surface area contributed by atoms with Gasteiger partial charge in [-0.05, 0) is 47.5 Å². The van der Waals surface area contributed by atoms with Crippen LogP contribution in [0.5, 0.6) is 5.75 Å². The van der Waals surface area contributed by atoms with Gasteiger partial charge in [0, 0.05) is 12.1 Å². The van der Waals surface area contributed by atoms with Crippen LogP contribution in [0, 0.1) is 13.8 Å². The second-order valence-electron chi connectivity index (χ2n) is 6.31. The summed E-state index contributed by atoms with van der Waals surface area (Å²) in [5.41, 5.74) is 3.11. The second kappa shape index (κ2) is 9.16. The van der Waals surface area contributed by atoms with Crippen molar-refractivity contribution < 1.29 is 22.7 Å². The largest absolute Gasteiger partial charge is 0.573 e. The zero-order chi connectivity index (χ0) is 21.7. The van der Waals surface area contributed by atoms with Gasteiger partial charge in [0.25, 0.3) is 0 Å². The molecule has 1 aromatic heterocycles. The van der Waals surface area contributed by atoms with E-state index in [1.165, 1.54) is 18.2 Å². The molecule has 30 heavy (non-hydrogen) atoms. The molecule has 0 atom stereocenters. The van der Waals surface area contributed by atoms with E-state index >= 15 is 0 Å². The number of tetrazole rings is 1. The van der Waals surface area contributed by atoms with Crippen LogP contribution < -0.4 is 10.1 Å². The van der Waals surface area contributed by atoms with Crippen molar-refractivity contribution in [3.05, 3.63) is 59.2 Å². The van der Waals surface area contributed by atoms with Crippen molar-refractivity contribution in [2.75, 3.05) is 5.75 Å². The first-order valence-electron chi connectivity index (χ1n) is 8.82. The Hall–Kier alpha value is -3.08. The molecule has 3 aromatic rings. The standard InChI is InChI=1S/C19H18F3N5O2S/c1-12-6-5-8-15(13(12)2)27-18(24-25-26-27)30-11-17(28)23-10-14-7-3-4-9-16(14)29-19(20,21)22/h3-9H,10-11H2,1-2H3,(H,23,28). The molecule has 0 bridgehead atoms. The van der Waals surface area contributed by atoms with Gasteiger partial charge in [0.05, 0.1) is 11.4 Å². The number of para-hydroxylation sites is 1. The molecular weight excluding hydrogens is 419 g/mol. The Morgan fingerprint density at radius 3 is 2.70 bits per heavy atom. The molecule has 0 aliphatic rings. The average molecular weight is 437 g/mol. The SMILES string of the molecule is Cc1cccc(-n2nnnc2SCC(=O)NCc2ccccc2OC(F)(F)F)c1C. The third kappa shape index (κ3) is 5.50. The van der Waals surface area contributed by atoms with Crippen LogP contribution in [0.15, 0.2) is 47.6 Å². The number of halogens is 3. The number of aromatic nitrogens is 4. The fourth-order valence-corrected chi connectivity index (χ4v) is 3.35. The maximum atomic E-state index is 12.5. The molecule has 1 heterocycles. The zero-order valence-corrected chi connectivity index (χ0v) is 16.9. The monoisotopic (exact) mass is 437 g/mol. The highest BCUT2D eigenvalue weighted by molar-refractivity contribution is 7.99. The number of hydrogen-bond acceptors (Lipinski definition) is 6. The van der Waals surface area contributed by atoms with E-state index in [1.54, 1.807) is 10.7 Å². The molecule has 1 amide bonds. The summed E-state index contributed by atoms with van der Waals surface area (Å²) >= 11 is 1.12. The maximum Gasteiger partial charge on any atom is 0.573 e. The second-order valence-corrected chi connectivity index (χ2v) is 7.26. The fourth-order valence-electron chi connectivity index (χ4n) is 2.63. The number of ether oxygens (including phenoxy) is 1. The first-order valence-corrected chi connectivity index (χ1v) is 9.81. The summed E-state index contributed by atoms with van der Waals surface area (Å²) in [5.74, 6) is -0.734. The molecule has 0 spiro atoms. The first-order chi connectivity index (χ1) is 14.2. The van der Waals surface area contributed by atoms with Crippen LogP contribution in [-0.2, 0) is 11.3 Å². The normalized spacial score (nSPS) is 11.4. The Morgan fingerprint density at radius 1 is 1.17 bits per heavy atom. The number of aryl methyl sites for hydroxylation is 1. The summed E-state index contributed by atoms with van der Waals surface area (Å²) in [7, 11) is 0. The van der Waals surface area contributed by atoms with Gasteiger partial charge in [-0.15, -0.1) is 18.3 Å². The molecule has 0 aliphatic carbocycles. The van der Waals surface area contributed by atoms with Gasteiger partial charge >= 0.3 is 6.36 Å². The van der Waals surface area contributed by atoms with Crippen LogP contribution >= 0.6 is 11.8 Å². The number of nitrogens with one attached hydrogen (secondary N) is 1. The average Bonchev–Trinajstić information content (AvgIpc) is 3.15. The highest BCUT2D eigenvalue weighted by atomic mass is 32.2. The minimum Gasteiger partial charge on any atom is -0.405 e. The lowest BCUT2D eigenvalue weighted by molar-refractivity contribution is -0.274. The summed E-state index contributed by atoms with van der Waals surface area (Å²) in [5, 5.41) is 14.6. The molecule has 0 unspecified atom stereocenters. The lowest BCUT2D eigenvalue weighted by Gasteiger charge is -2.13. The molecule has 2 aromatic carbocycles. The number of thioether (sulfide) groups is 1. The van der Waals surface area contributed by atoms with Crippen LogP contribution in [0.4, 0.5) is 13.2 Å². The number of alkyl halides is 3. The van der Waals surface area contributed by atoms with E-state index in [-0.39, 0.29) is 29.5 Å². The fraction of sp³-hybridized carbons (Fsp3) is 0.263. The van der Waals surface area contributed by atoms with E-state index in [0.29, 0.717) is 5.16 Å². The summed E-state index contributed by atoms with van der Waals surface area (Å²) in [6.07, 6.45) is -4.80. The van der Waals surface area contributed by atoms with Gasteiger partial charge in [0.1, 0.15) is 5.75 Å². The third-order valence-corrected chi connectivity index (χ3v) is 5.17. The molecule has 158 valence electrons. The van der Waals surface area contributed by atoms with Crippen molar-refractivity contribution in [1.29, 1.82) is 0 Å². The van der Waals surface area contributed by atoms with Gasteiger partial charge in [-0.2, -0.15) is 4.68 Å². The number of hydrogen-bond donors (Lipinski definition) is 1. The van der Waals surface area contributed by atoms with E-state index in [2.05, 4.69) is 25.6 Å². The molecule has 0 saturated carbocycles. The topological polar surface area (TPSA) is 81.9 Å². The lowest BCUT2D eigenvalue weighted by Crippen LogP contribution is -2.26. The lowest BCUT2D eigenvalue weighted by atomic mass is 10.1. The number of carbonyl (C=O) groups excluding carboxylic acids is 1. The summed E-state index contributed by atoms with van der Waals surface area (Å²) in [6, 6.07) is 11.4. The van der Waals surface area contributed by atoms with Gasteiger partial charge in [-0.3, -0.25) is 4.79 Å². The molecule has 3 rings (SSSR count). The highest BCUT2D eigenvalue weighted by Gasteiger charge is 2.32. The highest BCUT2D eigenvalue weighted by Crippen LogP contribution is 2.26. The van der Waals surface area contributed by atoms with Crippen LogP contribution in [0.2, 0.25) is 0 Å². The minimum absolute atomic E-state index is 0.00642. The van der Waals surface area contributed by atoms with E-state index in [4.69, 9.17) is 0 Å². The van der Waals surface area contributed by atoms with Crippen LogP contribution in [0.25, 0.3) is 5.69 Å². The number of rotatable bonds is 7. The van der Waals surface area contributed by atoms with E-state index < -0.39 is 6.36 Å². The zero-order valence-electron chi connectivity index (χ0n) is 16.1. The summed E-state index contributed by atoms with van der Waals surface area (Å²) in [6.45, 7) is 3.82. The molecule has 0 fully saturated rings. The molecule has 1 N–H and O–H groups in total. The number of benzene rings is 2. The van der Waals surface area contributed by atoms with Crippen molar-refractivity contribution in [2.24, 2.45) is 0 Å².